The number of aliphatic hydroxyl groups is 7. The van der Waals surface area contributed by atoms with E-state index in [0.29, 0.717) is 70.3 Å². The van der Waals surface area contributed by atoms with Crippen LogP contribution in [-0.2, 0) is 38.2 Å². The minimum Gasteiger partial charge on any atom is -0.468 e. The summed E-state index contributed by atoms with van der Waals surface area (Å²) in [7, 11) is 5.01. The van der Waals surface area contributed by atoms with Gasteiger partial charge in [-0.05, 0) is 332 Å². The molecule has 0 saturated carbocycles. The van der Waals surface area contributed by atoms with Crippen molar-refractivity contribution >= 4 is 45.4 Å². The molecule has 124 heavy (non-hydrogen) atoms. The second-order valence-electron chi connectivity index (χ2n) is 31.9. The highest BCUT2D eigenvalue weighted by molar-refractivity contribution is 9.09. The standard InChI is InChI=1S/C8H15NO2.C7H16N2O.C7H15NO.C6H14N2.C6H11NO2.2C6H13NO.C5H10BrN.C5H12N2.C5H11NO2.C5H11NO.C5H9NO.C5H11NO.C4H10N2.C4H9NO.C4H11NO/c1-2-11-8(10)7-3-5-9-6-4-7;10-7-6-9-4-1-2-8-3-5-9;9-6-3-7-1-4-8-5-2-7;1-3-7-5-2-6-8-4-1;1-9-6(8)5-3-2-4-7-5;8-5-6-1-3-7-4-2-6;1-6(8)4-3-5-7-2;6-5-1-3-7-4-2-5;1-2-6-4-5-7-3-1;1-3-8-5(7)4-6-2;2*7-5-1-3-6-4-2-5;7-4-5-2-1-3-6-5;1-2-6-4-3-5-1;6-4-1-2-5-3-4;1-2-5-3-4-6/h7,9H,2-6H2,1H3;8,10H,1-7H2;7-9H,1-6H2;7-8H,1-6H2;5,7H,2-4H2,1H3;6-8H,1-5H2;7H,3-5H2,1-2H3;5,7H,1-4H2;6-7H,1-5H2;6H,3-4H2,1-2H3;5-7H,1-4H2;6H,1-4H2;5-7H,1-4H2;5-6H,1-4H2;4-6H,1-3H2;5-6H,2-4H2,1H3/t;;;;5-;;;;;;;;5-;;4-;/m....0.......0.1./s1. The van der Waals surface area contributed by atoms with E-state index in [2.05, 4.69) is 131 Å². The SMILES string of the molecule is BrC1CCNCC1.C1CNCCCNC1.C1CNCCN1.C1CNCCNC1.CCNCCO.CCOC(=O)C1CCNCC1.CCOC(=O)CNC.CNCCCC(C)=O.COC(=O)[C@@H]1CCCN1.O=C1CCNCC1.OC1CCNCC1.OCC1CCNCC1.OCCC1CCNCC1.OCCN1CCCNCC1.OC[C@@H]1CCCN1.O[C@@H]1CCNC1. The van der Waals surface area contributed by atoms with Crippen molar-refractivity contribution in [2.45, 2.75) is 211 Å². The molecule has 0 aromatic heterocycles. The molecule has 13 fully saturated rings. The third kappa shape index (κ3) is 93.8. The monoisotopic (exact) mass is 1850 g/mol. The maximum Gasteiger partial charge on any atom is 0.322 e. The Balaban J connectivity index is -0.00000126. The van der Waals surface area contributed by atoms with Gasteiger partial charge >= 0.3 is 17.9 Å². The minimum absolute atomic E-state index is 0.0194. The summed E-state index contributed by atoms with van der Waals surface area (Å²) in [5.41, 5.74) is 0. The van der Waals surface area contributed by atoms with Crippen LogP contribution in [0.25, 0.3) is 0 Å². The minimum atomic E-state index is -0.199. The van der Waals surface area contributed by atoms with Crippen molar-refractivity contribution in [3.05, 3.63) is 0 Å². The van der Waals surface area contributed by atoms with Crippen molar-refractivity contribution in [1.29, 1.82) is 0 Å². The number of esters is 3. The van der Waals surface area contributed by atoms with Crippen molar-refractivity contribution in [3.8, 4) is 0 Å². The molecule has 0 amide bonds. The first-order chi connectivity index (χ1) is 60.5. The predicted molar refractivity (Wildman–Crippen MR) is 509 cm³/mol. The zero-order valence-electron chi connectivity index (χ0n) is 78.9. The number of halogens is 1. The van der Waals surface area contributed by atoms with Crippen molar-refractivity contribution in [2.75, 3.05) is 310 Å². The number of rotatable bonds is 19. The molecular weight excluding hydrogens is 1660 g/mol. The second kappa shape index (κ2) is 102. The number of ketones is 2. The smallest absolute Gasteiger partial charge is 0.322 e. The number of methoxy groups -OCH3 is 1. The average molecular weight is 1850 g/mol. The number of hydrogen-bond donors (Lipinski definition) is 26. The molecule has 13 saturated heterocycles. The largest absolute Gasteiger partial charge is 0.468 e. The van der Waals surface area contributed by atoms with Gasteiger partial charge in [-0.1, -0.05) is 22.9 Å². The molecule has 3 atom stereocenters. The van der Waals surface area contributed by atoms with Gasteiger partial charge in [0.1, 0.15) is 17.6 Å². The number of ether oxygens (including phenoxy) is 3. The topological polar surface area (TPSA) is 486 Å². The van der Waals surface area contributed by atoms with Crippen LogP contribution in [-0.4, -0.2) is 409 Å². The molecule has 13 aliphatic heterocycles. The highest BCUT2D eigenvalue weighted by Gasteiger charge is 2.23. The number of alkyl halides is 1. The molecule has 13 aliphatic rings. The second-order valence-corrected chi connectivity index (χ2v) is 33.2. The van der Waals surface area contributed by atoms with Gasteiger partial charge in [0.15, 0.2) is 0 Å². The van der Waals surface area contributed by atoms with Crippen LogP contribution in [0, 0.1) is 17.8 Å². The summed E-state index contributed by atoms with van der Waals surface area (Å²) < 4.78 is 14.0. The van der Waals surface area contributed by atoms with E-state index < -0.39 is 0 Å². The van der Waals surface area contributed by atoms with Gasteiger partial charge in [0.05, 0.1) is 64.8 Å². The molecule has 0 unspecified atom stereocenters. The van der Waals surface area contributed by atoms with E-state index in [1.54, 1.807) is 20.9 Å². The maximum atomic E-state index is 11.1. The number of carbonyl (C=O) groups is 5. The Labute approximate surface area is 759 Å². The lowest BCUT2D eigenvalue weighted by Gasteiger charge is -2.21. The van der Waals surface area contributed by atoms with Crippen molar-refractivity contribution < 1.29 is 73.9 Å². The Kier molecular flexibility index (Phi) is 103. The quantitative estimate of drug-likeness (QED) is 0.0306. The lowest BCUT2D eigenvalue weighted by molar-refractivity contribution is -0.149. The Hall–Kier alpha value is -2.85. The summed E-state index contributed by atoms with van der Waals surface area (Å²) >= 11 is 3.55. The normalized spacial score (nSPS) is 21.8. The zero-order valence-corrected chi connectivity index (χ0v) is 80.5. The fraction of sp³-hybridized carbons (Fsp3) is 0.943. The zero-order chi connectivity index (χ0) is 91.7. The first kappa shape index (κ1) is 125. The summed E-state index contributed by atoms with van der Waals surface area (Å²) in [5, 5.41) is 120. The van der Waals surface area contributed by atoms with Crippen molar-refractivity contribution in [1.82, 2.24) is 106 Å². The Morgan fingerprint density at radius 1 is 0.444 bits per heavy atom. The van der Waals surface area contributed by atoms with E-state index in [-0.39, 0.29) is 54.5 Å². The number of likely N-dealkylation sites (N-methyl/N-ethyl adjacent to an activating group) is 2. The Morgan fingerprint density at radius 3 is 1.24 bits per heavy atom. The van der Waals surface area contributed by atoms with E-state index in [0.717, 1.165) is 284 Å². The highest BCUT2D eigenvalue weighted by atomic mass is 79.9. The van der Waals surface area contributed by atoms with Gasteiger partial charge < -0.3 is 156 Å². The van der Waals surface area contributed by atoms with Crippen molar-refractivity contribution in [2.24, 2.45) is 17.8 Å². The molecule has 35 nitrogen and oxygen atoms in total. The highest BCUT2D eigenvalue weighted by Crippen LogP contribution is 2.16. The van der Waals surface area contributed by atoms with E-state index in [1.165, 1.54) is 117 Å². The number of nitrogens with zero attached hydrogens (tertiary/aromatic N) is 1. The van der Waals surface area contributed by atoms with Crippen LogP contribution < -0.4 is 101 Å². The van der Waals surface area contributed by atoms with Crippen molar-refractivity contribution in [3.63, 3.8) is 0 Å². The Morgan fingerprint density at radius 2 is 0.903 bits per heavy atom. The summed E-state index contributed by atoms with van der Waals surface area (Å²) in [4.78, 5) is 56.0. The number of piperidine rings is 6. The lowest BCUT2D eigenvalue weighted by Crippen LogP contribution is -2.39. The van der Waals surface area contributed by atoms with Gasteiger partial charge in [0.2, 0.25) is 0 Å². The number of β-amino-alcohol motifs (C(OH)–C–C–N with tert-alkyl or cyclic N) is 2. The molecule has 13 heterocycles. The molecule has 0 radical (unpaired) electrons. The van der Waals surface area contributed by atoms with Crippen LogP contribution in [0.5, 0.6) is 0 Å². The summed E-state index contributed by atoms with van der Waals surface area (Å²) in [6.45, 7) is 48.2. The summed E-state index contributed by atoms with van der Waals surface area (Å²) in [6.07, 6.45) is 25.5. The van der Waals surface area contributed by atoms with E-state index in [1.807, 2.05) is 20.9 Å². The molecule has 26 N–H and O–H groups in total. The van der Waals surface area contributed by atoms with Gasteiger partial charge in [0.25, 0.3) is 0 Å². The van der Waals surface area contributed by atoms with Crippen LogP contribution in [0.1, 0.15) is 182 Å². The van der Waals surface area contributed by atoms with Crippen LogP contribution in [0.15, 0.2) is 0 Å². The molecule has 0 spiro atoms. The van der Waals surface area contributed by atoms with Crippen LogP contribution >= 0.6 is 15.9 Å². The van der Waals surface area contributed by atoms with Gasteiger partial charge in [-0.25, -0.2) is 0 Å². The molecule has 0 aromatic rings. The van der Waals surface area contributed by atoms with Crippen LogP contribution in [0.3, 0.4) is 0 Å². The maximum absolute atomic E-state index is 11.1. The first-order valence-corrected chi connectivity index (χ1v) is 48.9. The predicted octanol–water partition coefficient (Wildman–Crippen LogP) is -1.40. The summed E-state index contributed by atoms with van der Waals surface area (Å²) in [5.74, 6) is 1.85. The number of piperazine rings is 1. The first-order valence-electron chi connectivity index (χ1n) is 48.0. The molecule has 13 rings (SSSR count). The molecule has 0 bridgehead atoms. The molecule has 0 aromatic carbocycles. The summed E-state index contributed by atoms with van der Waals surface area (Å²) in [6, 6.07) is 0.370. The van der Waals surface area contributed by atoms with E-state index >= 15 is 0 Å². The molecular formula is C88H191BrN20O15. The Bertz CT molecular complexity index is 2090. The van der Waals surface area contributed by atoms with E-state index in [9.17, 15) is 24.0 Å². The number of hydrogen-bond acceptors (Lipinski definition) is 35. The molecule has 740 valence electrons. The van der Waals surface area contributed by atoms with Gasteiger partial charge in [-0.3, -0.25) is 24.1 Å². The average Bonchev–Trinajstić information content (AvgIpc) is 1.45. The number of Topliss-reactive ketones (excluding diaryl/α,β-unsaturated/α-hetero) is 2. The third-order valence-electron chi connectivity index (χ3n) is 20.9. The number of nitrogens with one attached hydrogen (secondary N) is 19. The van der Waals surface area contributed by atoms with Crippen LogP contribution in [0.4, 0.5) is 0 Å². The lowest BCUT2D eigenvalue weighted by atomic mass is 9.95. The van der Waals surface area contributed by atoms with E-state index in [4.69, 9.17) is 40.5 Å². The number of carbonyl (C=O) groups excluding carboxylic acids is 5. The fourth-order valence-electron chi connectivity index (χ4n) is 13.3. The fourth-order valence-corrected chi connectivity index (χ4v) is 13.8. The van der Waals surface area contributed by atoms with Gasteiger partial charge in [-0.2, -0.15) is 0 Å². The molecule has 36 heteroatoms. The van der Waals surface area contributed by atoms with Gasteiger partial charge in [0, 0.05) is 128 Å². The third-order valence-corrected chi connectivity index (χ3v) is 21.8. The van der Waals surface area contributed by atoms with Crippen LogP contribution in [0.2, 0.25) is 0 Å². The molecule has 0 aliphatic carbocycles. The number of aliphatic hydroxyl groups excluding tert-OH is 7. The van der Waals surface area contributed by atoms with Gasteiger partial charge in [-0.15, -0.1) is 0 Å².